The molecule has 1 atom stereocenters. The molecular formula is C26H49NO3. The highest BCUT2D eigenvalue weighted by Gasteiger charge is 2.21. The summed E-state index contributed by atoms with van der Waals surface area (Å²) in [5.41, 5.74) is 0. The number of epoxide rings is 1. The van der Waals surface area contributed by atoms with Crippen LogP contribution in [-0.2, 0) is 14.3 Å². The number of carbonyl (C=O) groups excluding carboxylic acids is 1. The van der Waals surface area contributed by atoms with E-state index in [1.807, 2.05) is 0 Å². The van der Waals surface area contributed by atoms with E-state index in [-0.39, 0.29) is 5.91 Å². The number of unbranched alkanes of at least 4 members (excludes halogenated alkanes) is 17. The van der Waals surface area contributed by atoms with E-state index in [0.29, 0.717) is 6.10 Å². The molecule has 0 aromatic carbocycles. The van der Waals surface area contributed by atoms with Gasteiger partial charge in [-0.05, 0) is 18.9 Å². The Bertz CT molecular complexity index is 396. The van der Waals surface area contributed by atoms with Gasteiger partial charge in [0.05, 0.1) is 13.2 Å². The van der Waals surface area contributed by atoms with Crippen LogP contribution in [0.3, 0.4) is 0 Å². The molecule has 1 fully saturated rings. The Hall–Kier alpha value is -0.870. The third-order valence-corrected chi connectivity index (χ3v) is 5.91. The Morgan fingerprint density at radius 2 is 1.17 bits per heavy atom. The molecule has 1 rings (SSSR count). The fourth-order valence-electron chi connectivity index (χ4n) is 3.82. The third kappa shape index (κ3) is 20.4. The van der Waals surface area contributed by atoms with E-state index in [0.717, 1.165) is 32.8 Å². The molecule has 4 heteroatoms. The van der Waals surface area contributed by atoms with Gasteiger partial charge in [0.25, 0.3) is 0 Å². The Morgan fingerprint density at radius 3 is 1.57 bits per heavy atom. The van der Waals surface area contributed by atoms with Crippen molar-refractivity contribution in [1.82, 2.24) is 5.32 Å². The minimum Gasteiger partial charge on any atom is -0.379 e. The Kier molecular flexibility index (Phi) is 19.3. The average molecular weight is 424 g/mol. The predicted octanol–water partition coefficient (Wildman–Crippen LogP) is 6.73. The van der Waals surface area contributed by atoms with E-state index in [9.17, 15) is 4.79 Å². The maximum atomic E-state index is 11.0. The lowest BCUT2D eigenvalue weighted by atomic mass is 10.0. The molecule has 0 saturated carbocycles. The van der Waals surface area contributed by atoms with Crippen LogP contribution in [-0.4, -0.2) is 38.4 Å². The Labute approximate surface area is 186 Å². The molecule has 176 valence electrons. The highest BCUT2D eigenvalue weighted by molar-refractivity contribution is 5.86. The molecule has 0 aromatic rings. The zero-order chi connectivity index (χ0) is 21.5. The Balaban J connectivity index is 1.61. The molecule has 0 aliphatic carbocycles. The zero-order valence-electron chi connectivity index (χ0n) is 19.6. The number of hydrogen-bond donors (Lipinski definition) is 1. The van der Waals surface area contributed by atoms with Crippen molar-refractivity contribution in [2.24, 2.45) is 0 Å². The quantitative estimate of drug-likeness (QED) is 0.106. The summed E-state index contributed by atoms with van der Waals surface area (Å²) in [6.07, 6.45) is 26.2. The standard InChI is InChI=1S/C26H49NO3/c1-2-26(28)27-21-19-17-15-13-11-9-7-5-3-4-6-8-10-12-14-16-18-20-22-29-23-25-24-30-25/h2,25H,1,3-24H2,(H,27,28). The summed E-state index contributed by atoms with van der Waals surface area (Å²) in [5.74, 6) is -0.0532. The molecule has 0 aromatic heterocycles. The van der Waals surface area contributed by atoms with Gasteiger partial charge < -0.3 is 14.8 Å². The normalized spacial score (nSPS) is 15.3. The van der Waals surface area contributed by atoms with Crippen molar-refractivity contribution in [1.29, 1.82) is 0 Å². The maximum Gasteiger partial charge on any atom is 0.243 e. The van der Waals surface area contributed by atoms with E-state index in [4.69, 9.17) is 9.47 Å². The highest BCUT2D eigenvalue weighted by Crippen LogP contribution is 2.14. The van der Waals surface area contributed by atoms with Gasteiger partial charge in [-0.25, -0.2) is 0 Å². The minimum absolute atomic E-state index is 0.0532. The number of amides is 1. The second-order valence-corrected chi connectivity index (χ2v) is 8.89. The first-order chi connectivity index (χ1) is 14.8. The van der Waals surface area contributed by atoms with Crippen LogP contribution in [0.4, 0.5) is 0 Å². The van der Waals surface area contributed by atoms with Crippen LogP contribution in [0.5, 0.6) is 0 Å². The lowest BCUT2D eigenvalue weighted by molar-refractivity contribution is -0.116. The lowest BCUT2D eigenvalue weighted by Gasteiger charge is -2.04. The van der Waals surface area contributed by atoms with Crippen LogP contribution in [0.15, 0.2) is 12.7 Å². The van der Waals surface area contributed by atoms with Gasteiger partial charge in [0.2, 0.25) is 5.91 Å². The first kappa shape index (κ1) is 27.2. The van der Waals surface area contributed by atoms with Crippen molar-refractivity contribution in [2.75, 3.05) is 26.4 Å². The van der Waals surface area contributed by atoms with Gasteiger partial charge in [-0.1, -0.05) is 109 Å². The second-order valence-electron chi connectivity index (χ2n) is 8.89. The van der Waals surface area contributed by atoms with Gasteiger partial charge in [-0.15, -0.1) is 0 Å². The van der Waals surface area contributed by atoms with E-state index in [1.165, 1.54) is 115 Å². The average Bonchev–Trinajstić information content (AvgIpc) is 3.58. The monoisotopic (exact) mass is 423 g/mol. The maximum absolute atomic E-state index is 11.0. The van der Waals surface area contributed by atoms with Crippen molar-refractivity contribution >= 4 is 5.91 Å². The van der Waals surface area contributed by atoms with Gasteiger partial charge in [-0.2, -0.15) is 0 Å². The van der Waals surface area contributed by atoms with E-state index in [2.05, 4.69) is 11.9 Å². The smallest absolute Gasteiger partial charge is 0.243 e. The second kappa shape index (κ2) is 21.4. The van der Waals surface area contributed by atoms with Crippen molar-refractivity contribution in [2.45, 2.75) is 122 Å². The molecular weight excluding hydrogens is 374 g/mol. The molecule has 1 aliphatic rings. The fraction of sp³-hybridized carbons (Fsp3) is 0.885. The molecule has 0 bridgehead atoms. The molecule has 4 nitrogen and oxygen atoms in total. The molecule has 1 N–H and O–H groups in total. The summed E-state index contributed by atoms with van der Waals surface area (Å²) in [6.45, 7) is 6.87. The van der Waals surface area contributed by atoms with Crippen LogP contribution in [0, 0.1) is 0 Å². The molecule has 1 unspecified atom stereocenters. The number of ether oxygens (including phenoxy) is 2. The highest BCUT2D eigenvalue weighted by atomic mass is 16.6. The molecule has 1 heterocycles. The number of hydrogen-bond acceptors (Lipinski definition) is 3. The van der Waals surface area contributed by atoms with Crippen LogP contribution >= 0.6 is 0 Å². The van der Waals surface area contributed by atoms with Crippen LogP contribution in [0.1, 0.15) is 116 Å². The van der Waals surface area contributed by atoms with Gasteiger partial charge in [0, 0.05) is 13.2 Å². The van der Waals surface area contributed by atoms with Crippen molar-refractivity contribution in [3.63, 3.8) is 0 Å². The summed E-state index contributed by atoms with van der Waals surface area (Å²) in [7, 11) is 0. The van der Waals surface area contributed by atoms with Crippen molar-refractivity contribution in [3.8, 4) is 0 Å². The topological polar surface area (TPSA) is 50.9 Å². The predicted molar refractivity (Wildman–Crippen MR) is 127 cm³/mol. The molecule has 1 saturated heterocycles. The summed E-state index contributed by atoms with van der Waals surface area (Å²) in [4.78, 5) is 11.0. The van der Waals surface area contributed by atoms with Gasteiger partial charge in [0.1, 0.15) is 6.10 Å². The summed E-state index contributed by atoms with van der Waals surface area (Å²) in [6, 6.07) is 0. The molecule has 0 spiro atoms. The van der Waals surface area contributed by atoms with E-state index < -0.39 is 0 Å². The number of carbonyl (C=O) groups is 1. The van der Waals surface area contributed by atoms with Gasteiger partial charge in [-0.3, -0.25) is 4.79 Å². The van der Waals surface area contributed by atoms with Gasteiger partial charge in [0.15, 0.2) is 0 Å². The minimum atomic E-state index is -0.0532. The number of nitrogens with one attached hydrogen (secondary N) is 1. The zero-order valence-corrected chi connectivity index (χ0v) is 19.6. The largest absolute Gasteiger partial charge is 0.379 e. The first-order valence-electron chi connectivity index (χ1n) is 12.9. The van der Waals surface area contributed by atoms with Crippen LogP contribution < -0.4 is 5.32 Å². The van der Waals surface area contributed by atoms with Crippen molar-refractivity contribution in [3.05, 3.63) is 12.7 Å². The van der Waals surface area contributed by atoms with Crippen LogP contribution in [0.25, 0.3) is 0 Å². The van der Waals surface area contributed by atoms with Gasteiger partial charge >= 0.3 is 0 Å². The first-order valence-corrected chi connectivity index (χ1v) is 12.9. The molecule has 1 aliphatic heterocycles. The molecule has 0 radical (unpaired) electrons. The lowest BCUT2D eigenvalue weighted by Crippen LogP contribution is -2.21. The molecule has 1 amide bonds. The third-order valence-electron chi connectivity index (χ3n) is 5.91. The summed E-state index contributed by atoms with van der Waals surface area (Å²) < 4.78 is 10.7. The summed E-state index contributed by atoms with van der Waals surface area (Å²) in [5, 5.41) is 2.83. The summed E-state index contributed by atoms with van der Waals surface area (Å²) >= 11 is 0. The van der Waals surface area contributed by atoms with E-state index >= 15 is 0 Å². The van der Waals surface area contributed by atoms with Crippen molar-refractivity contribution < 1.29 is 14.3 Å². The molecule has 30 heavy (non-hydrogen) atoms. The Morgan fingerprint density at radius 1 is 0.767 bits per heavy atom. The van der Waals surface area contributed by atoms with Crippen LogP contribution in [0.2, 0.25) is 0 Å². The van der Waals surface area contributed by atoms with E-state index in [1.54, 1.807) is 0 Å². The fourth-order valence-corrected chi connectivity index (χ4v) is 3.82. The number of rotatable bonds is 24. The SMILES string of the molecule is C=CC(=O)NCCCCCCCCCCCCCCCCCCCCOCC1CO1.